The summed E-state index contributed by atoms with van der Waals surface area (Å²) in [5, 5.41) is 27.1. The van der Waals surface area contributed by atoms with E-state index < -0.39 is 6.10 Å². The van der Waals surface area contributed by atoms with Gasteiger partial charge in [-0.1, -0.05) is 6.07 Å². The van der Waals surface area contributed by atoms with Crippen molar-refractivity contribution in [2.75, 3.05) is 12.4 Å². The summed E-state index contributed by atoms with van der Waals surface area (Å²) >= 11 is 1.56. The summed E-state index contributed by atoms with van der Waals surface area (Å²) in [6, 6.07) is 7.35. The second-order valence-electron chi connectivity index (χ2n) is 3.47. The minimum Gasteiger partial charge on any atom is -0.396 e. The van der Waals surface area contributed by atoms with Crippen LogP contribution in [0.15, 0.2) is 23.1 Å². The predicted molar refractivity (Wildman–Crippen MR) is 64.2 cm³/mol. The summed E-state index contributed by atoms with van der Waals surface area (Å²) < 4.78 is 0. The van der Waals surface area contributed by atoms with Crippen LogP contribution in [0, 0.1) is 11.3 Å². The molecular weight excluding hydrogens is 222 g/mol. The molecule has 4 heteroatoms. The zero-order valence-corrected chi connectivity index (χ0v) is 10.00. The Labute approximate surface area is 99.7 Å². The van der Waals surface area contributed by atoms with Crippen molar-refractivity contribution in [2.24, 2.45) is 0 Å². The summed E-state index contributed by atoms with van der Waals surface area (Å²) in [4.78, 5) is 0.919. The van der Waals surface area contributed by atoms with Gasteiger partial charge in [-0.05, 0) is 31.0 Å². The highest BCUT2D eigenvalue weighted by molar-refractivity contribution is 7.99. The topological polar surface area (TPSA) is 64.2 Å². The maximum atomic E-state index is 9.58. The fourth-order valence-electron chi connectivity index (χ4n) is 1.32. The van der Waals surface area contributed by atoms with E-state index in [1.54, 1.807) is 36.9 Å². The lowest BCUT2D eigenvalue weighted by atomic mass is 10.1. The van der Waals surface area contributed by atoms with Gasteiger partial charge < -0.3 is 10.2 Å². The van der Waals surface area contributed by atoms with E-state index in [-0.39, 0.29) is 6.61 Å². The van der Waals surface area contributed by atoms with Crippen molar-refractivity contribution in [1.29, 1.82) is 5.26 Å². The molecule has 1 aromatic rings. The Morgan fingerprint density at radius 3 is 2.81 bits per heavy atom. The van der Waals surface area contributed by atoms with Gasteiger partial charge in [0.1, 0.15) is 0 Å². The third-order valence-electron chi connectivity index (χ3n) is 2.15. The second-order valence-corrected chi connectivity index (χ2v) is 4.60. The molecule has 2 N–H and O–H groups in total. The van der Waals surface area contributed by atoms with Crippen molar-refractivity contribution in [3.05, 3.63) is 29.3 Å². The molecule has 0 radical (unpaired) electrons. The van der Waals surface area contributed by atoms with Gasteiger partial charge in [0.2, 0.25) is 0 Å². The lowest BCUT2D eigenvalue weighted by molar-refractivity contribution is 0.196. The molecule has 0 spiro atoms. The zero-order valence-electron chi connectivity index (χ0n) is 9.18. The van der Waals surface area contributed by atoms with Crippen molar-refractivity contribution in [2.45, 2.75) is 24.3 Å². The Morgan fingerprint density at radius 1 is 1.50 bits per heavy atom. The van der Waals surface area contributed by atoms with Crippen molar-refractivity contribution in [3.8, 4) is 6.07 Å². The lowest BCUT2D eigenvalue weighted by Crippen LogP contribution is -1.96. The molecule has 0 saturated heterocycles. The summed E-state index contributed by atoms with van der Waals surface area (Å²) in [7, 11) is 0. The molecular formula is C12H15NO2S. The normalized spacial score (nSPS) is 12.1. The lowest BCUT2D eigenvalue weighted by Gasteiger charge is -2.11. The summed E-state index contributed by atoms with van der Waals surface area (Å²) in [5.41, 5.74) is 1.43. The van der Waals surface area contributed by atoms with Gasteiger partial charge in [-0.3, -0.25) is 0 Å². The molecule has 3 nitrogen and oxygen atoms in total. The molecule has 0 aliphatic rings. The van der Waals surface area contributed by atoms with Gasteiger partial charge in [-0.2, -0.15) is 5.26 Å². The van der Waals surface area contributed by atoms with Crippen LogP contribution in [0.2, 0.25) is 0 Å². The minimum atomic E-state index is -0.538. The minimum absolute atomic E-state index is 0.162. The quantitative estimate of drug-likeness (QED) is 0.608. The number of nitrogens with zero attached hydrogens (tertiary/aromatic N) is 1. The molecule has 1 atom stereocenters. The van der Waals surface area contributed by atoms with Crippen molar-refractivity contribution in [1.82, 2.24) is 0 Å². The van der Waals surface area contributed by atoms with Gasteiger partial charge in [0, 0.05) is 17.3 Å². The molecule has 1 aromatic carbocycles. The van der Waals surface area contributed by atoms with Crippen LogP contribution in [0.3, 0.4) is 0 Å². The first-order valence-corrected chi connectivity index (χ1v) is 6.13. The molecule has 16 heavy (non-hydrogen) atoms. The molecule has 86 valence electrons. The van der Waals surface area contributed by atoms with Crippen molar-refractivity contribution < 1.29 is 10.2 Å². The third-order valence-corrected chi connectivity index (χ3v) is 3.31. The number of hydrogen-bond acceptors (Lipinski definition) is 4. The molecule has 0 bridgehead atoms. The van der Waals surface area contributed by atoms with E-state index in [9.17, 15) is 5.11 Å². The van der Waals surface area contributed by atoms with Gasteiger partial charge in [0.05, 0.1) is 17.7 Å². The Morgan fingerprint density at radius 2 is 2.25 bits per heavy atom. The highest BCUT2D eigenvalue weighted by Gasteiger charge is 2.09. The number of nitriles is 1. The number of hydrogen-bond donors (Lipinski definition) is 2. The number of rotatable bonds is 5. The Balaban J connectivity index is 2.88. The van der Waals surface area contributed by atoms with Crippen LogP contribution in [0.4, 0.5) is 0 Å². The molecule has 0 amide bonds. The Kier molecular flexibility index (Phi) is 5.33. The van der Waals surface area contributed by atoms with Crippen molar-refractivity contribution >= 4 is 11.8 Å². The molecule has 0 heterocycles. The predicted octanol–water partition coefficient (Wildman–Crippen LogP) is 2.09. The van der Waals surface area contributed by atoms with Crippen LogP contribution >= 0.6 is 11.8 Å². The maximum Gasteiger partial charge on any atom is 0.0992 e. The molecule has 0 unspecified atom stereocenters. The third kappa shape index (κ3) is 3.53. The summed E-state index contributed by atoms with van der Waals surface area (Å²) in [5.74, 6) is 0.783. The first-order valence-electron chi connectivity index (χ1n) is 5.14. The van der Waals surface area contributed by atoms with Gasteiger partial charge in [0.25, 0.3) is 0 Å². The highest BCUT2D eigenvalue weighted by atomic mass is 32.2. The maximum absolute atomic E-state index is 9.58. The molecule has 1 rings (SSSR count). The molecule has 0 saturated carbocycles. The number of aliphatic hydroxyl groups excluding tert-OH is 2. The molecule has 0 aliphatic heterocycles. The SMILES string of the molecule is C[C@H](O)c1ccc(C#N)cc1SCCCO. The molecule has 0 aromatic heterocycles. The van der Waals surface area contributed by atoms with E-state index in [0.29, 0.717) is 12.0 Å². The first kappa shape index (κ1) is 13.0. The van der Waals surface area contributed by atoms with Crippen LogP contribution in [-0.4, -0.2) is 22.6 Å². The fraction of sp³-hybridized carbons (Fsp3) is 0.417. The van der Waals surface area contributed by atoms with E-state index in [2.05, 4.69) is 6.07 Å². The van der Waals surface area contributed by atoms with Gasteiger partial charge in [-0.25, -0.2) is 0 Å². The van der Waals surface area contributed by atoms with Crippen LogP contribution in [0.25, 0.3) is 0 Å². The highest BCUT2D eigenvalue weighted by Crippen LogP contribution is 2.28. The molecule has 0 fully saturated rings. The number of aliphatic hydroxyl groups is 2. The average Bonchev–Trinajstić information content (AvgIpc) is 2.29. The van der Waals surface area contributed by atoms with Crippen LogP contribution in [-0.2, 0) is 0 Å². The smallest absolute Gasteiger partial charge is 0.0992 e. The van der Waals surface area contributed by atoms with Crippen LogP contribution < -0.4 is 0 Å². The average molecular weight is 237 g/mol. The Hall–Kier alpha value is -1.02. The van der Waals surface area contributed by atoms with Gasteiger partial charge >= 0.3 is 0 Å². The van der Waals surface area contributed by atoms with Crippen LogP contribution in [0.5, 0.6) is 0 Å². The van der Waals surface area contributed by atoms with E-state index in [0.717, 1.165) is 16.2 Å². The van der Waals surface area contributed by atoms with Gasteiger partial charge in [0.15, 0.2) is 0 Å². The van der Waals surface area contributed by atoms with E-state index in [1.807, 2.05) is 0 Å². The number of thioether (sulfide) groups is 1. The first-order chi connectivity index (χ1) is 7.69. The van der Waals surface area contributed by atoms with Gasteiger partial charge in [-0.15, -0.1) is 11.8 Å². The largest absolute Gasteiger partial charge is 0.396 e. The number of benzene rings is 1. The summed E-state index contributed by atoms with van der Waals surface area (Å²) in [6.07, 6.45) is 0.171. The standard InChI is InChI=1S/C12H15NO2S/c1-9(15)11-4-3-10(8-13)7-12(11)16-6-2-5-14/h3-4,7,9,14-15H,2,5-6H2,1H3/t9-/m0/s1. The monoisotopic (exact) mass is 237 g/mol. The van der Waals surface area contributed by atoms with E-state index in [4.69, 9.17) is 10.4 Å². The summed E-state index contributed by atoms with van der Waals surface area (Å²) in [6.45, 7) is 1.87. The molecule has 0 aliphatic carbocycles. The Bertz CT molecular complexity index is 385. The van der Waals surface area contributed by atoms with Crippen molar-refractivity contribution in [3.63, 3.8) is 0 Å². The van der Waals surface area contributed by atoms with E-state index >= 15 is 0 Å². The second kappa shape index (κ2) is 6.54. The van der Waals surface area contributed by atoms with E-state index in [1.165, 1.54) is 0 Å². The van der Waals surface area contributed by atoms with Crippen LogP contribution in [0.1, 0.15) is 30.6 Å². The zero-order chi connectivity index (χ0) is 12.0. The fourth-order valence-corrected chi connectivity index (χ4v) is 2.43.